The van der Waals surface area contributed by atoms with Gasteiger partial charge >= 0.3 is 0 Å². The van der Waals surface area contributed by atoms with Crippen LogP contribution in [0.5, 0.6) is 0 Å². The van der Waals surface area contributed by atoms with Gasteiger partial charge in [-0.2, -0.15) is 5.10 Å². The number of thiophene rings is 1. The van der Waals surface area contributed by atoms with Gasteiger partial charge in [-0.25, -0.2) is 14.4 Å². The smallest absolute Gasteiger partial charge is 0.142 e. The highest BCUT2D eigenvalue weighted by molar-refractivity contribution is 7.22. The molecule has 0 bridgehead atoms. The second-order valence-electron chi connectivity index (χ2n) is 9.31. The maximum Gasteiger partial charge on any atom is 0.142 e. The molecule has 7 nitrogen and oxygen atoms in total. The minimum atomic E-state index is -0.440. The van der Waals surface area contributed by atoms with Crippen molar-refractivity contribution in [3.8, 4) is 10.4 Å². The van der Waals surface area contributed by atoms with Crippen molar-refractivity contribution in [2.45, 2.75) is 38.6 Å². The topological polar surface area (TPSA) is 68.1 Å². The van der Waals surface area contributed by atoms with Gasteiger partial charge in [0.05, 0.1) is 29.8 Å². The van der Waals surface area contributed by atoms with E-state index in [9.17, 15) is 4.39 Å². The van der Waals surface area contributed by atoms with E-state index in [1.807, 2.05) is 6.20 Å². The van der Waals surface area contributed by atoms with E-state index in [-0.39, 0.29) is 5.02 Å². The Bertz CT molecular complexity index is 1380. The third kappa shape index (κ3) is 4.72. The maximum absolute atomic E-state index is 13.6. The van der Waals surface area contributed by atoms with E-state index < -0.39 is 5.82 Å². The van der Waals surface area contributed by atoms with Crippen LogP contribution in [-0.2, 0) is 24.1 Å². The summed E-state index contributed by atoms with van der Waals surface area (Å²) in [6.45, 7) is 5.96. The standard InChI is InChI=1S/C26H28ClFN6OS/c27-20-14-17(4-6-21(20)28)32-25-23-18-5-7-22-19(24(18)36-26(23)30-16-29-25)15-31-34(22)9-3-1-2-8-33-10-12-35-13-11-33/h4,6,14-16H,1-3,5,7-13H2,(H,29,30,32). The maximum atomic E-state index is 13.6. The predicted octanol–water partition coefficient (Wildman–Crippen LogP) is 5.69. The third-order valence-corrected chi connectivity index (χ3v) is 8.49. The van der Waals surface area contributed by atoms with E-state index >= 15 is 0 Å². The number of anilines is 2. The van der Waals surface area contributed by atoms with Gasteiger partial charge < -0.3 is 10.1 Å². The molecule has 1 aliphatic carbocycles. The van der Waals surface area contributed by atoms with Crippen LogP contribution in [0.4, 0.5) is 15.9 Å². The molecule has 4 heterocycles. The van der Waals surface area contributed by atoms with E-state index in [2.05, 4.69) is 24.9 Å². The average Bonchev–Trinajstić information content (AvgIpc) is 3.48. The number of hydrogen-bond donors (Lipinski definition) is 1. The van der Waals surface area contributed by atoms with Gasteiger partial charge in [-0.1, -0.05) is 18.0 Å². The quantitative estimate of drug-likeness (QED) is 0.297. The van der Waals surface area contributed by atoms with Gasteiger partial charge in [0, 0.05) is 41.5 Å². The van der Waals surface area contributed by atoms with E-state index in [4.69, 9.17) is 21.4 Å². The molecular formula is C26H28ClFN6OS. The summed E-state index contributed by atoms with van der Waals surface area (Å²) in [5.74, 6) is 0.279. The van der Waals surface area contributed by atoms with Gasteiger partial charge in [0.15, 0.2) is 0 Å². The summed E-state index contributed by atoms with van der Waals surface area (Å²) in [5, 5.41) is 9.18. The van der Waals surface area contributed by atoms with Crippen LogP contribution in [0.2, 0.25) is 5.02 Å². The van der Waals surface area contributed by atoms with Crippen molar-refractivity contribution in [1.82, 2.24) is 24.6 Å². The summed E-state index contributed by atoms with van der Waals surface area (Å²) in [5.41, 5.74) is 4.47. The van der Waals surface area contributed by atoms with Crippen molar-refractivity contribution in [2.75, 3.05) is 38.2 Å². The fourth-order valence-electron chi connectivity index (χ4n) is 5.15. The van der Waals surface area contributed by atoms with Crippen LogP contribution in [0, 0.1) is 5.82 Å². The first-order valence-corrected chi connectivity index (χ1v) is 13.7. The van der Waals surface area contributed by atoms with Crippen molar-refractivity contribution in [3.63, 3.8) is 0 Å². The summed E-state index contributed by atoms with van der Waals surface area (Å²) in [6, 6.07) is 4.60. The molecule has 0 radical (unpaired) electrons. The number of aromatic nitrogens is 4. The summed E-state index contributed by atoms with van der Waals surface area (Å²) in [4.78, 5) is 13.7. The van der Waals surface area contributed by atoms with Crippen LogP contribution in [-0.4, -0.2) is 57.5 Å². The number of unbranched alkanes of at least 4 members (excludes halogenated alkanes) is 2. The highest BCUT2D eigenvalue weighted by atomic mass is 35.5. The molecule has 0 atom stereocenters. The zero-order valence-electron chi connectivity index (χ0n) is 20.0. The Kier molecular flexibility index (Phi) is 6.88. The number of nitrogens with one attached hydrogen (secondary N) is 1. The molecule has 1 aromatic carbocycles. The Morgan fingerprint density at radius 3 is 2.81 bits per heavy atom. The number of hydrogen-bond acceptors (Lipinski definition) is 7. The van der Waals surface area contributed by atoms with Gasteiger partial charge in [0.25, 0.3) is 0 Å². The number of nitrogens with zero attached hydrogens (tertiary/aromatic N) is 5. The largest absolute Gasteiger partial charge is 0.379 e. The molecule has 0 unspecified atom stereocenters. The van der Waals surface area contributed by atoms with Crippen LogP contribution < -0.4 is 5.32 Å². The summed E-state index contributed by atoms with van der Waals surface area (Å²) >= 11 is 7.67. The van der Waals surface area contributed by atoms with E-state index in [1.165, 1.54) is 40.6 Å². The molecule has 3 aromatic heterocycles. The average molecular weight is 527 g/mol. The Balaban J connectivity index is 1.17. The Labute approximate surface area is 218 Å². The zero-order valence-corrected chi connectivity index (χ0v) is 21.5. The molecule has 1 aliphatic heterocycles. The van der Waals surface area contributed by atoms with E-state index in [0.717, 1.165) is 74.7 Å². The number of benzene rings is 1. The van der Waals surface area contributed by atoms with Crippen molar-refractivity contribution < 1.29 is 9.13 Å². The van der Waals surface area contributed by atoms with E-state index in [1.54, 1.807) is 29.8 Å². The molecule has 1 saturated heterocycles. The lowest BCUT2D eigenvalue weighted by atomic mass is 9.95. The molecule has 188 valence electrons. The number of fused-ring (bicyclic) bond motifs is 5. The molecule has 0 amide bonds. The lowest BCUT2D eigenvalue weighted by molar-refractivity contribution is 0.0371. The van der Waals surface area contributed by atoms with Gasteiger partial charge in [0.1, 0.15) is 22.8 Å². The minimum Gasteiger partial charge on any atom is -0.379 e. The minimum absolute atomic E-state index is 0.0794. The van der Waals surface area contributed by atoms with Gasteiger partial charge in [0.2, 0.25) is 0 Å². The fraction of sp³-hybridized carbons (Fsp3) is 0.423. The number of morpholine rings is 1. The molecular weight excluding hydrogens is 499 g/mol. The van der Waals surface area contributed by atoms with Crippen molar-refractivity contribution >= 4 is 44.7 Å². The van der Waals surface area contributed by atoms with Crippen molar-refractivity contribution in [1.29, 1.82) is 0 Å². The highest BCUT2D eigenvalue weighted by Gasteiger charge is 2.27. The lowest BCUT2D eigenvalue weighted by Crippen LogP contribution is -2.36. The second kappa shape index (κ2) is 10.4. The first-order chi connectivity index (χ1) is 17.7. The van der Waals surface area contributed by atoms with Crippen LogP contribution in [0.3, 0.4) is 0 Å². The summed E-state index contributed by atoms with van der Waals surface area (Å²) < 4.78 is 21.2. The molecule has 1 fully saturated rings. The van der Waals surface area contributed by atoms with Crippen LogP contribution in [0.15, 0.2) is 30.7 Å². The number of ether oxygens (including phenoxy) is 1. The molecule has 6 rings (SSSR count). The van der Waals surface area contributed by atoms with Crippen molar-refractivity contribution in [3.05, 3.63) is 52.8 Å². The van der Waals surface area contributed by atoms with Gasteiger partial charge in [-0.15, -0.1) is 11.3 Å². The Hall–Kier alpha value is -2.59. The Morgan fingerprint density at radius 1 is 1.08 bits per heavy atom. The molecule has 2 aliphatic rings. The van der Waals surface area contributed by atoms with Crippen LogP contribution in [0.25, 0.3) is 20.7 Å². The first-order valence-electron chi connectivity index (χ1n) is 12.5. The predicted molar refractivity (Wildman–Crippen MR) is 142 cm³/mol. The molecule has 4 aromatic rings. The lowest BCUT2D eigenvalue weighted by Gasteiger charge is -2.26. The van der Waals surface area contributed by atoms with Crippen molar-refractivity contribution in [2.24, 2.45) is 0 Å². The Morgan fingerprint density at radius 2 is 1.94 bits per heavy atom. The van der Waals surface area contributed by atoms with Crippen LogP contribution in [0.1, 0.15) is 30.5 Å². The summed E-state index contributed by atoms with van der Waals surface area (Å²) in [6.07, 6.45) is 9.00. The zero-order chi connectivity index (χ0) is 24.5. The number of rotatable bonds is 8. The number of aryl methyl sites for hydroxylation is 2. The summed E-state index contributed by atoms with van der Waals surface area (Å²) in [7, 11) is 0. The number of halogens is 2. The molecule has 1 N–H and O–H groups in total. The third-order valence-electron chi connectivity index (χ3n) is 7.02. The fourth-order valence-corrected chi connectivity index (χ4v) is 6.55. The SMILES string of the molecule is Fc1ccc(Nc2ncnc3sc4c(c23)CCc2c-4cnn2CCCCCN2CCOCC2)cc1Cl. The molecule has 10 heteroatoms. The highest BCUT2D eigenvalue weighted by Crippen LogP contribution is 2.45. The van der Waals surface area contributed by atoms with Gasteiger partial charge in [-0.05, 0) is 56.0 Å². The molecule has 0 spiro atoms. The molecule has 0 saturated carbocycles. The normalized spacial score (nSPS) is 15.7. The molecule has 36 heavy (non-hydrogen) atoms. The second-order valence-corrected chi connectivity index (χ2v) is 10.7. The van der Waals surface area contributed by atoms with Crippen LogP contribution >= 0.6 is 22.9 Å². The monoisotopic (exact) mass is 526 g/mol. The van der Waals surface area contributed by atoms with Gasteiger partial charge in [-0.3, -0.25) is 9.58 Å². The first kappa shape index (κ1) is 23.8. The van der Waals surface area contributed by atoms with E-state index in [0.29, 0.717) is 5.69 Å².